The molecule has 6 aromatic carbocycles. The van der Waals surface area contributed by atoms with Gasteiger partial charge in [0.05, 0.1) is 52.4 Å². The molecule has 0 N–H and O–H groups in total. The molecule has 0 fully saturated rings. The van der Waals surface area contributed by atoms with Crippen LogP contribution in [0.25, 0.3) is 57.1 Å². The van der Waals surface area contributed by atoms with Crippen molar-refractivity contribution in [2.75, 3.05) is 0 Å². The number of aryl methyl sites for hydroxylation is 4. The molecule has 0 bridgehead atoms. The van der Waals surface area contributed by atoms with E-state index in [0.29, 0.717) is 44.5 Å². The Morgan fingerprint density at radius 2 is 0.740 bits per heavy atom. The van der Waals surface area contributed by atoms with Crippen LogP contribution in [0.15, 0.2) is 180 Å². The quantitative estimate of drug-likeness (QED) is 0.0232. The molecular weight excluding hydrogens is 1300 g/mol. The zero-order valence-electron chi connectivity index (χ0n) is 57.5. The van der Waals surface area contributed by atoms with E-state index in [1.807, 2.05) is 71.2 Å². The lowest BCUT2D eigenvalue weighted by molar-refractivity contribution is 0.103. The minimum absolute atomic E-state index is 0.0846. The third-order valence-corrected chi connectivity index (χ3v) is 26.3. The Kier molecular flexibility index (Phi) is 20.0. The third-order valence-electron chi connectivity index (χ3n) is 21.2. The number of nitriles is 3. The molecule has 4 heterocycles. The first-order valence-corrected chi connectivity index (χ1v) is 39.4. The maximum absolute atomic E-state index is 14.8. The first-order valence-electron chi connectivity index (χ1n) is 36.2. The lowest BCUT2D eigenvalue weighted by atomic mass is 9.67. The molecule has 14 rings (SSSR count). The predicted molar refractivity (Wildman–Crippen MR) is 416 cm³/mol. The van der Waals surface area contributed by atoms with Gasteiger partial charge in [-0.1, -0.05) is 250 Å². The first-order chi connectivity index (χ1) is 49.1. The van der Waals surface area contributed by atoms with Crippen LogP contribution in [0, 0.1) is 40.6 Å². The van der Waals surface area contributed by atoms with Gasteiger partial charge in [0.25, 0.3) is 5.70 Å². The Morgan fingerprint density at radius 3 is 1.06 bits per heavy atom. The second-order valence-electron chi connectivity index (χ2n) is 27.4. The van der Waals surface area contributed by atoms with Crippen molar-refractivity contribution < 1.29 is 9.59 Å². The van der Waals surface area contributed by atoms with Crippen LogP contribution in [0.2, 0.25) is 0 Å². The third kappa shape index (κ3) is 11.8. The van der Waals surface area contributed by atoms with Crippen LogP contribution in [0.4, 0.5) is 0 Å². The van der Waals surface area contributed by atoms with Crippen molar-refractivity contribution in [1.29, 1.82) is 15.8 Å². The van der Waals surface area contributed by atoms with Crippen LogP contribution in [0.5, 0.6) is 0 Å². The van der Waals surface area contributed by atoms with E-state index in [1.54, 1.807) is 34.8 Å². The van der Waals surface area contributed by atoms with E-state index in [4.69, 9.17) is 6.57 Å². The molecule has 0 amide bonds. The number of nitrogens with zero attached hydrogens (tertiary/aromatic N) is 4. The standard InChI is InChI=1S/C90H80N4O2S4/c1-6-10-14-18-26-57-34-42-62(43-35-57)89(63-44-36-58(37-45-63)27-19-15-11-7-2)74-52-66(50-72-77(61(54-91)55-92)68-30-22-24-32-70(68)81(72)95)97-83(74)85-79(89)87-88(99-85)80-86(100-87)84-75(53-67(98-84)51-73-78(76(56-93)94-5)69-31-23-25-33-71(69)82(73)96)90(80,64-46-38-59(39-47-64)28-20-16-12-8-3)65-48-40-60(41-49-65)29-21-17-13-9-4/h22-25,30-53H,6-21,26-29H2,1-4H3/b72-50-,73-51-,78-76+. The van der Waals surface area contributed by atoms with Gasteiger partial charge in [0, 0.05) is 54.3 Å². The SMILES string of the molecule is [C-]#[N+]/C(C#N)=C1/C(=C/c2cc3c(s2)-c2sc4c5c(sc4c2C3(c2ccc(CCCCCC)cc2)c2ccc(CCCCCC)cc2)-c2sc(/C=C3\C(=O)c4ccccc4C3=C(C#N)C#N)cc2C5(c2ccc(CCCCCC)cc2)c2ccc(CCCCCC)cc2)C(=O)c2ccccc21. The summed E-state index contributed by atoms with van der Waals surface area (Å²) < 4.78 is 2.45. The molecular formula is C90H80N4O2S4. The van der Waals surface area contributed by atoms with E-state index in [9.17, 15) is 25.4 Å². The number of thiophene rings is 4. The Bertz CT molecular complexity index is 4670. The number of carbonyl (C=O) groups is 2. The van der Waals surface area contributed by atoms with Gasteiger partial charge in [0.2, 0.25) is 0 Å². The fourth-order valence-corrected chi connectivity index (χ4v) is 22.0. The minimum Gasteiger partial charge on any atom is -0.289 e. The number of hydrogen-bond donors (Lipinski definition) is 0. The predicted octanol–water partition coefficient (Wildman–Crippen LogP) is 24.8. The van der Waals surface area contributed by atoms with Crippen LogP contribution in [-0.2, 0) is 36.5 Å². The molecule has 4 aliphatic carbocycles. The maximum Gasteiger partial charge on any atom is 0.270 e. The number of carbonyl (C=O) groups excluding carboxylic acids is 2. The fraction of sp³-hybridized carbons (Fsp3) is 0.289. The van der Waals surface area contributed by atoms with E-state index >= 15 is 0 Å². The Labute approximate surface area is 605 Å². The van der Waals surface area contributed by atoms with Crippen LogP contribution in [0.3, 0.4) is 0 Å². The number of fused-ring (bicyclic) bond motifs is 11. The number of benzene rings is 6. The highest BCUT2D eigenvalue weighted by Crippen LogP contribution is 2.70. The Morgan fingerprint density at radius 1 is 0.410 bits per heavy atom. The van der Waals surface area contributed by atoms with Crippen LogP contribution >= 0.6 is 45.3 Å². The van der Waals surface area contributed by atoms with Gasteiger partial charge >= 0.3 is 0 Å². The lowest BCUT2D eigenvalue weighted by Crippen LogP contribution is -2.29. The molecule has 0 atom stereocenters. The largest absolute Gasteiger partial charge is 0.289 e. The second-order valence-corrected chi connectivity index (χ2v) is 31.6. The normalized spacial score (nSPS) is 15.5. The average molecular weight is 1380 g/mol. The molecule has 0 aliphatic heterocycles. The second kappa shape index (κ2) is 29.5. The Balaban J connectivity index is 1.06. The van der Waals surface area contributed by atoms with Gasteiger partial charge in [0.15, 0.2) is 11.6 Å². The zero-order chi connectivity index (χ0) is 69.1. The molecule has 10 aromatic rings. The lowest BCUT2D eigenvalue weighted by Gasteiger charge is -2.34. The van der Waals surface area contributed by atoms with Crippen molar-refractivity contribution in [3.8, 4) is 37.7 Å². The van der Waals surface area contributed by atoms with Crippen LogP contribution < -0.4 is 0 Å². The smallest absolute Gasteiger partial charge is 0.270 e. The summed E-state index contributed by atoms with van der Waals surface area (Å²) in [6.45, 7) is 17.2. The molecule has 10 heteroatoms. The molecule has 0 spiro atoms. The van der Waals surface area contributed by atoms with Crippen LogP contribution in [-0.4, -0.2) is 11.6 Å². The summed E-state index contributed by atoms with van der Waals surface area (Å²) in [5, 5.41) is 31.5. The summed E-state index contributed by atoms with van der Waals surface area (Å²) in [7, 11) is 0. The highest BCUT2D eigenvalue weighted by molar-refractivity contribution is 7.34. The molecule has 0 unspecified atom stereocenters. The molecule has 4 aliphatic rings. The number of unbranched alkanes of at least 4 members (excludes halogenated alkanes) is 12. The van der Waals surface area contributed by atoms with Gasteiger partial charge in [-0.05, 0) is 142 Å². The molecule has 0 saturated heterocycles. The topological polar surface area (TPSA) is 110 Å². The van der Waals surface area contributed by atoms with Crippen LogP contribution in [0.1, 0.15) is 239 Å². The van der Waals surface area contributed by atoms with Gasteiger partial charge in [-0.15, -0.1) is 45.3 Å². The molecule has 0 saturated carbocycles. The fourth-order valence-electron chi connectivity index (χ4n) is 16.3. The van der Waals surface area contributed by atoms with Crippen molar-refractivity contribution in [2.45, 2.75) is 167 Å². The minimum atomic E-state index is -0.848. The summed E-state index contributed by atoms with van der Waals surface area (Å²) in [6, 6.07) is 63.8. The number of allylic oxidation sites excluding steroid dienone is 6. The number of hydrogen-bond acceptors (Lipinski definition) is 9. The summed E-state index contributed by atoms with van der Waals surface area (Å²) in [5.41, 5.74) is 16.5. The zero-order valence-corrected chi connectivity index (χ0v) is 60.8. The number of ketones is 2. The van der Waals surface area contributed by atoms with Gasteiger partial charge in [0.1, 0.15) is 17.7 Å². The molecule has 0 radical (unpaired) electrons. The molecule has 6 nitrogen and oxygen atoms in total. The highest BCUT2D eigenvalue weighted by atomic mass is 32.1. The highest BCUT2D eigenvalue weighted by Gasteiger charge is 2.55. The van der Waals surface area contributed by atoms with E-state index in [-0.39, 0.29) is 22.8 Å². The molecule has 496 valence electrons. The monoisotopic (exact) mass is 1380 g/mol. The van der Waals surface area contributed by atoms with Crippen molar-refractivity contribution in [3.05, 3.63) is 290 Å². The van der Waals surface area contributed by atoms with Crippen molar-refractivity contribution >= 4 is 89.6 Å². The van der Waals surface area contributed by atoms with E-state index in [0.717, 1.165) is 104 Å². The summed E-state index contributed by atoms with van der Waals surface area (Å²) in [6.07, 6.45) is 26.7. The maximum atomic E-state index is 14.8. The average Bonchev–Trinajstić information content (AvgIpc) is 1.49. The van der Waals surface area contributed by atoms with Crippen molar-refractivity contribution in [3.63, 3.8) is 0 Å². The number of rotatable bonds is 26. The van der Waals surface area contributed by atoms with E-state index in [2.05, 4.69) is 160 Å². The van der Waals surface area contributed by atoms with Gasteiger partial charge < -0.3 is 0 Å². The Hall–Kier alpha value is -9.36. The number of Topliss-reactive ketones (excluding diaryl/α,β-unsaturated/α-hetero) is 2. The van der Waals surface area contributed by atoms with E-state index < -0.39 is 10.8 Å². The summed E-state index contributed by atoms with van der Waals surface area (Å²) in [4.78, 5) is 39.7. The summed E-state index contributed by atoms with van der Waals surface area (Å²) >= 11 is 7.15. The first kappa shape index (κ1) is 67.8. The van der Waals surface area contributed by atoms with Gasteiger partial charge in [-0.2, -0.15) is 10.5 Å². The van der Waals surface area contributed by atoms with Crippen molar-refractivity contribution in [1.82, 2.24) is 0 Å². The summed E-state index contributed by atoms with van der Waals surface area (Å²) in [5.74, 6) is -0.392. The van der Waals surface area contributed by atoms with Gasteiger partial charge in [-0.3, -0.25) is 9.59 Å². The molecule has 4 aromatic heterocycles. The van der Waals surface area contributed by atoms with Crippen molar-refractivity contribution in [2.24, 2.45) is 0 Å². The van der Waals surface area contributed by atoms with E-state index in [1.165, 1.54) is 130 Å². The molecule has 100 heavy (non-hydrogen) atoms. The van der Waals surface area contributed by atoms with Gasteiger partial charge in [-0.25, -0.2) is 10.1 Å².